The summed E-state index contributed by atoms with van der Waals surface area (Å²) >= 11 is 0. The van der Waals surface area contributed by atoms with Gasteiger partial charge in [0.2, 0.25) is 0 Å². The first-order valence-electron chi connectivity index (χ1n) is 13.1. The van der Waals surface area contributed by atoms with Crippen LogP contribution in [0.25, 0.3) is 22.5 Å². The van der Waals surface area contributed by atoms with Crippen molar-refractivity contribution in [2.24, 2.45) is 5.92 Å². The van der Waals surface area contributed by atoms with Crippen molar-refractivity contribution in [3.05, 3.63) is 76.9 Å². The summed E-state index contributed by atoms with van der Waals surface area (Å²) in [7, 11) is 0. The van der Waals surface area contributed by atoms with Crippen molar-refractivity contribution in [2.75, 3.05) is 13.1 Å². The quantitative estimate of drug-likeness (QED) is 0.330. The number of β-amino-alcohol motifs (C(OH)–C–C–N with tert-alkyl or cyclic N) is 1. The zero-order valence-electron chi connectivity index (χ0n) is 22.0. The van der Waals surface area contributed by atoms with Gasteiger partial charge in [-0.25, -0.2) is 9.97 Å². The number of aromatic amines is 1. The Morgan fingerprint density at radius 1 is 0.892 bits per heavy atom. The van der Waals surface area contributed by atoms with Gasteiger partial charge in [-0.1, -0.05) is 78.7 Å². The second-order valence-electron chi connectivity index (χ2n) is 10.4. The lowest BCUT2D eigenvalue weighted by atomic mass is 9.90. The van der Waals surface area contributed by atoms with Crippen LogP contribution in [0.15, 0.2) is 48.5 Å². The standard InChI is InChI=1S/C29H35N7O/c1-18(2)29-28-27(23(37)17-36(29)16-6-5-7-24-32-34-35-33-24)30-25(21-12-8-19(3)9-13-21)26(31-28)22-14-10-20(4)11-15-22/h8-15,18,23,29,37H,5-7,16-17H2,1-4H3,(H,32,33,34,35). The van der Waals surface area contributed by atoms with Crippen molar-refractivity contribution in [1.82, 2.24) is 35.5 Å². The molecule has 1 aliphatic heterocycles. The molecule has 2 atom stereocenters. The maximum absolute atomic E-state index is 11.3. The molecule has 5 rings (SSSR count). The first-order chi connectivity index (χ1) is 17.9. The predicted molar refractivity (Wildman–Crippen MR) is 144 cm³/mol. The minimum absolute atomic E-state index is 0.0762. The number of nitrogens with one attached hydrogen (secondary N) is 1. The molecule has 3 heterocycles. The largest absolute Gasteiger partial charge is 0.385 e. The number of hydrogen-bond donors (Lipinski definition) is 2. The second-order valence-corrected chi connectivity index (χ2v) is 10.4. The van der Waals surface area contributed by atoms with Gasteiger partial charge in [-0.15, -0.1) is 10.2 Å². The fraction of sp³-hybridized carbons (Fsp3) is 0.414. The summed E-state index contributed by atoms with van der Waals surface area (Å²) in [5.41, 5.74) is 7.71. The van der Waals surface area contributed by atoms with Gasteiger partial charge >= 0.3 is 0 Å². The van der Waals surface area contributed by atoms with Crippen molar-refractivity contribution in [3.63, 3.8) is 0 Å². The number of unbranched alkanes of at least 4 members (excludes halogenated alkanes) is 1. The van der Waals surface area contributed by atoms with Gasteiger partial charge in [0, 0.05) is 24.1 Å². The van der Waals surface area contributed by atoms with E-state index in [1.165, 1.54) is 11.1 Å². The minimum atomic E-state index is -0.689. The zero-order valence-corrected chi connectivity index (χ0v) is 22.0. The molecular formula is C29H35N7O. The Morgan fingerprint density at radius 2 is 1.49 bits per heavy atom. The Balaban J connectivity index is 1.52. The first kappa shape index (κ1) is 25.2. The predicted octanol–water partition coefficient (Wildman–Crippen LogP) is 5.01. The average Bonchev–Trinajstić information content (AvgIpc) is 3.40. The van der Waals surface area contributed by atoms with Crippen LogP contribution in [0, 0.1) is 19.8 Å². The molecule has 0 spiro atoms. The summed E-state index contributed by atoms with van der Waals surface area (Å²) < 4.78 is 0. The maximum atomic E-state index is 11.3. The van der Waals surface area contributed by atoms with E-state index in [2.05, 4.69) is 102 Å². The van der Waals surface area contributed by atoms with E-state index >= 15 is 0 Å². The van der Waals surface area contributed by atoms with Gasteiger partial charge in [0.25, 0.3) is 0 Å². The number of rotatable bonds is 8. The SMILES string of the molecule is Cc1ccc(-c2nc3c(nc2-c2ccc(C)cc2)C(C(C)C)N(CCCCc2nn[nH]n2)CC3O)cc1. The lowest BCUT2D eigenvalue weighted by Gasteiger charge is -2.40. The van der Waals surface area contributed by atoms with E-state index in [4.69, 9.17) is 9.97 Å². The van der Waals surface area contributed by atoms with Crippen LogP contribution >= 0.6 is 0 Å². The van der Waals surface area contributed by atoms with Gasteiger partial charge in [0.15, 0.2) is 5.82 Å². The van der Waals surface area contributed by atoms with E-state index in [0.29, 0.717) is 18.2 Å². The Bertz CT molecular complexity index is 1320. The summed E-state index contributed by atoms with van der Waals surface area (Å²) in [6.07, 6.45) is 2.02. The molecule has 0 saturated heterocycles. The van der Waals surface area contributed by atoms with Crippen LogP contribution in [0.2, 0.25) is 0 Å². The van der Waals surface area contributed by atoms with Gasteiger partial charge in [-0.3, -0.25) is 4.90 Å². The van der Waals surface area contributed by atoms with E-state index in [0.717, 1.165) is 59.8 Å². The number of tetrazole rings is 1. The first-order valence-corrected chi connectivity index (χ1v) is 13.1. The maximum Gasteiger partial charge on any atom is 0.174 e. The third-order valence-corrected chi connectivity index (χ3v) is 7.11. The number of aromatic nitrogens is 6. The van der Waals surface area contributed by atoms with Crippen LogP contribution in [0.3, 0.4) is 0 Å². The highest BCUT2D eigenvalue weighted by Crippen LogP contribution is 2.41. The third kappa shape index (κ3) is 5.45. The lowest BCUT2D eigenvalue weighted by Crippen LogP contribution is -2.42. The van der Waals surface area contributed by atoms with Gasteiger partial charge < -0.3 is 5.11 Å². The number of aryl methyl sites for hydroxylation is 3. The molecule has 0 fully saturated rings. The van der Waals surface area contributed by atoms with Crippen molar-refractivity contribution < 1.29 is 5.11 Å². The Labute approximate surface area is 218 Å². The van der Waals surface area contributed by atoms with Crippen molar-refractivity contribution in [3.8, 4) is 22.5 Å². The summed E-state index contributed by atoms with van der Waals surface area (Å²) in [5, 5.41) is 25.5. The number of H-pyrrole nitrogens is 1. The summed E-state index contributed by atoms with van der Waals surface area (Å²) in [4.78, 5) is 12.8. The lowest BCUT2D eigenvalue weighted by molar-refractivity contribution is 0.0428. The van der Waals surface area contributed by atoms with E-state index < -0.39 is 6.10 Å². The summed E-state index contributed by atoms with van der Waals surface area (Å²) in [6, 6.07) is 16.9. The molecule has 1 aliphatic rings. The van der Waals surface area contributed by atoms with E-state index in [9.17, 15) is 5.11 Å². The number of benzene rings is 2. The average molecular weight is 498 g/mol. The molecule has 37 heavy (non-hydrogen) atoms. The number of hydrogen-bond acceptors (Lipinski definition) is 7. The van der Waals surface area contributed by atoms with Gasteiger partial charge in [-0.05, 0) is 39.2 Å². The van der Waals surface area contributed by atoms with Crippen LogP contribution in [-0.2, 0) is 6.42 Å². The molecule has 0 aliphatic carbocycles. The number of nitrogens with zero attached hydrogens (tertiary/aromatic N) is 6. The molecule has 0 radical (unpaired) electrons. The van der Waals surface area contributed by atoms with Gasteiger partial charge in [0.1, 0.15) is 6.10 Å². The fourth-order valence-corrected chi connectivity index (χ4v) is 5.20. The van der Waals surface area contributed by atoms with Crippen LogP contribution in [0.5, 0.6) is 0 Å². The monoisotopic (exact) mass is 497 g/mol. The minimum Gasteiger partial charge on any atom is -0.385 e. The van der Waals surface area contributed by atoms with Gasteiger partial charge in [0.05, 0.1) is 28.8 Å². The van der Waals surface area contributed by atoms with E-state index in [-0.39, 0.29) is 6.04 Å². The molecule has 2 unspecified atom stereocenters. The second kappa shape index (κ2) is 10.9. The third-order valence-electron chi connectivity index (χ3n) is 7.11. The normalized spacial score (nSPS) is 17.8. The molecule has 2 aromatic carbocycles. The zero-order chi connectivity index (χ0) is 25.9. The molecule has 0 saturated carbocycles. The van der Waals surface area contributed by atoms with Crippen molar-refractivity contribution >= 4 is 0 Å². The highest BCUT2D eigenvalue weighted by atomic mass is 16.3. The molecule has 2 aromatic heterocycles. The van der Waals surface area contributed by atoms with Crippen LogP contribution in [0.1, 0.15) is 67.2 Å². The van der Waals surface area contributed by atoms with Crippen LogP contribution < -0.4 is 0 Å². The molecule has 0 amide bonds. The highest BCUT2D eigenvalue weighted by Gasteiger charge is 2.37. The van der Waals surface area contributed by atoms with Crippen molar-refractivity contribution in [2.45, 2.75) is 59.1 Å². The Morgan fingerprint density at radius 3 is 2.03 bits per heavy atom. The number of aliphatic hydroxyl groups is 1. The number of aliphatic hydroxyl groups excluding tert-OH is 1. The summed E-state index contributed by atoms with van der Waals surface area (Å²) in [6.45, 7) is 10.0. The Hall–Kier alpha value is -3.49. The molecule has 192 valence electrons. The smallest absolute Gasteiger partial charge is 0.174 e. The van der Waals surface area contributed by atoms with Gasteiger partial charge in [-0.2, -0.15) is 5.21 Å². The number of fused-ring (bicyclic) bond motifs is 1. The van der Waals surface area contributed by atoms with Crippen LogP contribution in [-0.4, -0.2) is 53.7 Å². The molecule has 2 N–H and O–H groups in total. The van der Waals surface area contributed by atoms with E-state index in [1.54, 1.807) is 0 Å². The van der Waals surface area contributed by atoms with E-state index in [1.807, 2.05) is 0 Å². The molecule has 8 heteroatoms. The highest BCUT2D eigenvalue weighted by molar-refractivity contribution is 5.78. The van der Waals surface area contributed by atoms with Crippen LogP contribution in [0.4, 0.5) is 0 Å². The Kier molecular flexibility index (Phi) is 7.39. The molecular weight excluding hydrogens is 462 g/mol. The molecule has 0 bridgehead atoms. The summed E-state index contributed by atoms with van der Waals surface area (Å²) in [5.74, 6) is 1.05. The molecule has 8 nitrogen and oxygen atoms in total. The van der Waals surface area contributed by atoms with Crippen molar-refractivity contribution in [1.29, 1.82) is 0 Å². The molecule has 4 aromatic rings. The fourth-order valence-electron chi connectivity index (χ4n) is 5.20. The topological polar surface area (TPSA) is 104 Å².